The summed E-state index contributed by atoms with van der Waals surface area (Å²) < 4.78 is 4.90. The second-order valence-electron chi connectivity index (χ2n) is 5.54. The van der Waals surface area contributed by atoms with Crippen molar-refractivity contribution < 1.29 is 19.2 Å². The summed E-state index contributed by atoms with van der Waals surface area (Å²) in [6, 6.07) is 6.31. The molecule has 1 atom stereocenters. The number of nitro benzene ring substituents is 1. The predicted octanol–water partition coefficient (Wildman–Crippen LogP) is 3.37. The number of esters is 1. The highest BCUT2D eigenvalue weighted by atomic mass is 32.1. The number of non-ortho nitro benzene ring substituents is 1. The molecule has 1 aliphatic heterocycles. The second kappa shape index (κ2) is 6.96. The van der Waals surface area contributed by atoms with Gasteiger partial charge in [0.15, 0.2) is 0 Å². The number of thiophene rings is 1. The van der Waals surface area contributed by atoms with Gasteiger partial charge in [-0.25, -0.2) is 9.59 Å². The van der Waals surface area contributed by atoms with Gasteiger partial charge in [0.05, 0.1) is 29.3 Å². The number of ether oxygens (including phenoxy) is 1. The van der Waals surface area contributed by atoms with E-state index in [4.69, 9.17) is 4.74 Å². The summed E-state index contributed by atoms with van der Waals surface area (Å²) in [5.41, 5.74) is 1.83. The number of hydrogen-bond acceptors (Lipinski definition) is 6. The van der Waals surface area contributed by atoms with E-state index in [1.807, 2.05) is 16.8 Å². The highest BCUT2D eigenvalue weighted by Gasteiger charge is 2.37. The van der Waals surface area contributed by atoms with Gasteiger partial charge in [-0.3, -0.25) is 15.0 Å². The molecule has 0 fully saturated rings. The number of carbonyl (C=O) groups is 2. The van der Waals surface area contributed by atoms with Gasteiger partial charge < -0.3 is 10.1 Å². The molecule has 0 spiro atoms. The van der Waals surface area contributed by atoms with Crippen molar-refractivity contribution in [3.05, 3.63) is 68.0 Å². The maximum atomic E-state index is 12.7. The fraction of sp³-hybridized carbons (Fsp3) is 0.176. The molecule has 0 saturated heterocycles. The third kappa shape index (κ3) is 3.04. The van der Waals surface area contributed by atoms with Crippen molar-refractivity contribution in [3.8, 4) is 0 Å². The van der Waals surface area contributed by atoms with Crippen LogP contribution >= 0.6 is 11.3 Å². The van der Waals surface area contributed by atoms with E-state index in [9.17, 15) is 19.7 Å². The lowest BCUT2D eigenvalue weighted by atomic mass is 9.96. The molecule has 0 radical (unpaired) electrons. The number of nitro groups is 1. The lowest BCUT2D eigenvalue weighted by Gasteiger charge is -2.34. The van der Waals surface area contributed by atoms with Gasteiger partial charge >= 0.3 is 12.0 Å². The fourth-order valence-corrected chi connectivity index (χ4v) is 3.53. The zero-order valence-electron chi connectivity index (χ0n) is 14.0. The molecule has 0 bridgehead atoms. The van der Waals surface area contributed by atoms with Gasteiger partial charge in [0.2, 0.25) is 0 Å². The summed E-state index contributed by atoms with van der Waals surface area (Å²) in [6.07, 6.45) is 0. The smallest absolute Gasteiger partial charge is 0.337 e. The number of nitrogens with one attached hydrogen (secondary N) is 1. The number of methoxy groups -OCH3 is 1. The van der Waals surface area contributed by atoms with Crippen LogP contribution in [-0.4, -0.2) is 24.0 Å². The van der Waals surface area contributed by atoms with Crippen molar-refractivity contribution in [2.75, 3.05) is 12.0 Å². The van der Waals surface area contributed by atoms with Crippen LogP contribution < -0.4 is 10.2 Å². The Labute approximate surface area is 152 Å². The van der Waals surface area contributed by atoms with E-state index in [1.165, 1.54) is 47.6 Å². The van der Waals surface area contributed by atoms with Crippen LogP contribution in [0.25, 0.3) is 0 Å². The standard InChI is InChI=1S/C17H15N3O5S/c1-10-14(16(21)25-2)15(11-7-8-26-9-11)18-17(22)19(10)12-3-5-13(6-4-12)20(23)24/h3-9,15H,1-2H3,(H,18,22)/t15-/m0/s1. The molecule has 1 N–H and O–H groups in total. The molecule has 26 heavy (non-hydrogen) atoms. The van der Waals surface area contributed by atoms with Crippen LogP contribution in [0.15, 0.2) is 52.4 Å². The Bertz CT molecular complexity index is 890. The number of nitrogens with zero attached hydrogens (tertiary/aromatic N) is 2. The number of allylic oxidation sites excluding steroid dienone is 1. The first kappa shape index (κ1) is 17.6. The van der Waals surface area contributed by atoms with E-state index in [0.717, 1.165) is 5.56 Å². The lowest BCUT2D eigenvalue weighted by molar-refractivity contribution is -0.384. The van der Waals surface area contributed by atoms with Gasteiger partial charge in [0.1, 0.15) is 0 Å². The van der Waals surface area contributed by atoms with Crippen molar-refractivity contribution in [2.45, 2.75) is 13.0 Å². The minimum atomic E-state index is -0.615. The molecule has 9 heteroatoms. The van der Waals surface area contributed by atoms with Crippen LogP contribution in [0.2, 0.25) is 0 Å². The van der Waals surface area contributed by atoms with Crippen LogP contribution in [-0.2, 0) is 9.53 Å². The Morgan fingerprint density at radius 2 is 2.00 bits per heavy atom. The molecule has 0 unspecified atom stereocenters. The molecular weight excluding hydrogens is 358 g/mol. The van der Waals surface area contributed by atoms with E-state index >= 15 is 0 Å². The Morgan fingerprint density at radius 3 is 2.54 bits per heavy atom. The first-order chi connectivity index (χ1) is 12.4. The summed E-state index contributed by atoms with van der Waals surface area (Å²) in [6.45, 7) is 1.64. The van der Waals surface area contributed by atoms with Gasteiger partial charge in [0, 0.05) is 17.8 Å². The molecule has 2 aromatic rings. The van der Waals surface area contributed by atoms with E-state index in [1.54, 1.807) is 6.92 Å². The Morgan fingerprint density at radius 1 is 1.31 bits per heavy atom. The number of anilines is 1. The normalized spacial score (nSPS) is 17.1. The first-order valence-electron chi connectivity index (χ1n) is 7.60. The van der Waals surface area contributed by atoms with Crippen LogP contribution in [0.1, 0.15) is 18.5 Å². The number of urea groups is 1. The second-order valence-corrected chi connectivity index (χ2v) is 6.32. The zero-order valence-corrected chi connectivity index (χ0v) is 14.8. The molecule has 1 aromatic carbocycles. The Balaban J connectivity index is 2.08. The van der Waals surface area contributed by atoms with Crippen LogP contribution in [0, 0.1) is 10.1 Å². The highest BCUT2D eigenvalue weighted by Crippen LogP contribution is 2.35. The summed E-state index contributed by atoms with van der Waals surface area (Å²) in [7, 11) is 1.28. The SMILES string of the molecule is COC(=O)C1=C(C)N(c2ccc([N+](=O)[O-])cc2)C(=O)N[C@H]1c1ccsc1. The molecule has 1 aromatic heterocycles. The maximum Gasteiger partial charge on any atom is 0.337 e. The molecule has 1 aliphatic rings. The molecule has 8 nitrogen and oxygen atoms in total. The largest absolute Gasteiger partial charge is 0.466 e. The fourth-order valence-electron chi connectivity index (χ4n) is 2.84. The third-order valence-corrected chi connectivity index (χ3v) is 4.79. The van der Waals surface area contributed by atoms with Crippen molar-refractivity contribution in [2.24, 2.45) is 0 Å². The van der Waals surface area contributed by atoms with E-state index in [0.29, 0.717) is 17.0 Å². The monoisotopic (exact) mass is 373 g/mol. The predicted molar refractivity (Wildman–Crippen MR) is 95.9 cm³/mol. The minimum Gasteiger partial charge on any atom is -0.466 e. The summed E-state index contributed by atoms with van der Waals surface area (Å²) in [5, 5.41) is 17.3. The molecule has 0 saturated carbocycles. The Kier molecular flexibility index (Phi) is 4.72. The number of hydrogen-bond donors (Lipinski definition) is 1. The number of carbonyl (C=O) groups excluding carboxylic acids is 2. The van der Waals surface area contributed by atoms with Crippen molar-refractivity contribution in [1.29, 1.82) is 0 Å². The topological polar surface area (TPSA) is 102 Å². The molecule has 3 rings (SSSR count). The minimum absolute atomic E-state index is 0.0860. The van der Waals surface area contributed by atoms with Crippen molar-refractivity contribution in [1.82, 2.24) is 5.32 Å². The van der Waals surface area contributed by atoms with Gasteiger partial charge in [-0.2, -0.15) is 11.3 Å². The summed E-state index contributed by atoms with van der Waals surface area (Å²) in [5.74, 6) is -0.550. The average Bonchev–Trinajstić information content (AvgIpc) is 3.15. The molecule has 2 amide bonds. The van der Waals surface area contributed by atoms with Crippen molar-refractivity contribution in [3.63, 3.8) is 0 Å². The van der Waals surface area contributed by atoms with Crippen molar-refractivity contribution >= 4 is 34.7 Å². The van der Waals surface area contributed by atoms with Gasteiger partial charge in [0.25, 0.3) is 5.69 Å². The van der Waals surface area contributed by atoms with Gasteiger partial charge in [-0.1, -0.05) is 0 Å². The highest BCUT2D eigenvalue weighted by molar-refractivity contribution is 7.08. The Hall–Kier alpha value is -3.20. The molecule has 134 valence electrons. The van der Waals surface area contributed by atoms with Crippen LogP contribution in [0.3, 0.4) is 0 Å². The summed E-state index contributed by atoms with van der Waals surface area (Å²) in [4.78, 5) is 36.7. The van der Waals surface area contributed by atoms with E-state index in [-0.39, 0.29) is 5.69 Å². The average molecular weight is 373 g/mol. The third-order valence-electron chi connectivity index (χ3n) is 4.09. The first-order valence-corrected chi connectivity index (χ1v) is 8.54. The molecular formula is C17H15N3O5S. The summed E-state index contributed by atoms with van der Waals surface area (Å²) >= 11 is 1.46. The maximum absolute atomic E-state index is 12.7. The number of rotatable bonds is 4. The lowest BCUT2D eigenvalue weighted by Crippen LogP contribution is -2.48. The van der Waals surface area contributed by atoms with Gasteiger partial charge in [-0.15, -0.1) is 0 Å². The van der Waals surface area contributed by atoms with Crippen LogP contribution in [0.5, 0.6) is 0 Å². The number of amides is 2. The molecule has 0 aliphatic carbocycles. The number of benzene rings is 1. The van der Waals surface area contributed by atoms with E-state index in [2.05, 4.69) is 5.32 Å². The zero-order chi connectivity index (χ0) is 18.8. The van der Waals surface area contributed by atoms with E-state index < -0.39 is 23.0 Å². The quantitative estimate of drug-likeness (QED) is 0.503. The molecule has 2 heterocycles. The van der Waals surface area contributed by atoms with Gasteiger partial charge in [-0.05, 0) is 41.4 Å². The van der Waals surface area contributed by atoms with Crippen LogP contribution in [0.4, 0.5) is 16.2 Å².